The summed E-state index contributed by atoms with van der Waals surface area (Å²) >= 11 is 1.07. The fraction of sp³-hybridized carbons (Fsp3) is 0.250. The third kappa shape index (κ3) is 2.37. The van der Waals surface area contributed by atoms with Crippen molar-refractivity contribution in [3.63, 3.8) is 0 Å². The number of halogens is 4. The van der Waals surface area contributed by atoms with Gasteiger partial charge in [-0.3, -0.25) is 0 Å². The first kappa shape index (κ1) is 10.4. The molecule has 0 aromatic heterocycles. The predicted octanol–water partition coefficient (Wildman–Crippen LogP) is 3.57. The molecule has 0 nitrogen and oxygen atoms in total. The van der Waals surface area contributed by atoms with Crippen LogP contribution < -0.4 is 0 Å². The minimum Gasteiger partial charge on any atom is -0.206 e. The first-order chi connectivity index (χ1) is 5.95. The zero-order valence-electron chi connectivity index (χ0n) is 6.65. The van der Waals surface area contributed by atoms with Crippen LogP contribution in [0.3, 0.4) is 0 Å². The summed E-state index contributed by atoms with van der Waals surface area (Å²) in [4.78, 5) is 0.216. The summed E-state index contributed by atoms with van der Waals surface area (Å²) < 4.78 is 49.0. The van der Waals surface area contributed by atoms with Crippen LogP contribution in [0.1, 0.15) is 5.56 Å². The second-order valence-electron chi connectivity index (χ2n) is 2.35. The highest BCUT2D eigenvalue weighted by atomic mass is 32.2. The van der Waals surface area contributed by atoms with E-state index in [1.54, 1.807) is 6.26 Å². The molecule has 0 aliphatic rings. The SMILES string of the molecule is CSc1ccc(C(F)(F)F)cc1F. The Morgan fingerprint density at radius 1 is 1.23 bits per heavy atom. The number of rotatable bonds is 1. The Labute approximate surface area is 76.9 Å². The van der Waals surface area contributed by atoms with Crippen molar-refractivity contribution in [3.05, 3.63) is 29.6 Å². The monoisotopic (exact) mass is 210 g/mol. The molecule has 0 amide bonds. The van der Waals surface area contributed by atoms with Gasteiger partial charge in [0.2, 0.25) is 0 Å². The first-order valence-corrected chi connectivity index (χ1v) is 4.58. The average Bonchev–Trinajstić information content (AvgIpc) is 2.02. The highest BCUT2D eigenvalue weighted by molar-refractivity contribution is 7.98. The van der Waals surface area contributed by atoms with E-state index in [1.807, 2.05) is 0 Å². The molecule has 0 N–H and O–H groups in total. The van der Waals surface area contributed by atoms with Crippen LogP contribution in [0.15, 0.2) is 23.1 Å². The third-order valence-corrected chi connectivity index (χ3v) is 2.25. The molecule has 0 bridgehead atoms. The number of hydrogen-bond donors (Lipinski definition) is 0. The summed E-state index contributed by atoms with van der Waals surface area (Å²) in [5.74, 6) is -0.831. The molecule has 5 heteroatoms. The van der Waals surface area contributed by atoms with E-state index in [-0.39, 0.29) is 4.90 Å². The van der Waals surface area contributed by atoms with E-state index < -0.39 is 17.6 Å². The van der Waals surface area contributed by atoms with E-state index in [4.69, 9.17) is 0 Å². The van der Waals surface area contributed by atoms with Crippen LogP contribution >= 0.6 is 11.8 Å². The van der Waals surface area contributed by atoms with Crippen molar-refractivity contribution in [2.45, 2.75) is 11.1 Å². The second kappa shape index (κ2) is 3.57. The molecule has 0 atom stereocenters. The Morgan fingerprint density at radius 2 is 1.85 bits per heavy atom. The van der Waals surface area contributed by atoms with Gasteiger partial charge in [0.15, 0.2) is 0 Å². The van der Waals surface area contributed by atoms with Gasteiger partial charge < -0.3 is 0 Å². The van der Waals surface area contributed by atoms with Gasteiger partial charge in [-0.2, -0.15) is 13.2 Å². The van der Waals surface area contributed by atoms with Crippen molar-refractivity contribution >= 4 is 11.8 Å². The molecule has 0 fully saturated rings. The highest BCUT2D eigenvalue weighted by Gasteiger charge is 2.30. The molecule has 13 heavy (non-hydrogen) atoms. The largest absolute Gasteiger partial charge is 0.416 e. The first-order valence-electron chi connectivity index (χ1n) is 3.36. The topological polar surface area (TPSA) is 0 Å². The van der Waals surface area contributed by atoms with Gasteiger partial charge in [0.05, 0.1) is 5.56 Å². The molecule has 0 radical (unpaired) electrons. The Kier molecular flexibility index (Phi) is 2.85. The zero-order chi connectivity index (χ0) is 10.1. The lowest BCUT2D eigenvalue weighted by atomic mass is 10.2. The summed E-state index contributed by atoms with van der Waals surface area (Å²) in [7, 11) is 0. The third-order valence-electron chi connectivity index (χ3n) is 1.48. The Balaban J connectivity index is 3.10. The van der Waals surface area contributed by atoms with Gasteiger partial charge in [-0.15, -0.1) is 11.8 Å². The van der Waals surface area contributed by atoms with Gasteiger partial charge in [0.25, 0.3) is 0 Å². The average molecular weight is 210 g/mol. The lowest BCUT2D eigenvalue weighted by Crippen LogP contribution is -2.05. The van der Waals surface area contributed by atoms with Crippen LogP contribution in [0.5, 0.6) is 0 Å². The highest BCUT2D eigenvalue weighted by Crippen LogP contribution is 2.31. The molecule has 0 heterocycles. The molecular formula is C8H6F4S. The quantitative estimate of drug-likeness (QED) is 0.504. The van der Waals surface area contributed by atoms with Gasteiger partial charge in [-0.25, -0.2) is 4.39 Å². The molecule has 0 aliphatic heterocycles. The van der Waals surface area contributed by atoms with Crippen molar-refractivity contribution in [1.29, 1.82) is 0 Å². The van der Waals surface area contributed by atoms with Crippen LogP contribution in [0, 0.1) is 5.82 Å². The van der Waals surface area contributed by atoms with Crippen LogP contribution in [-0.2, 0) is 6.18 Å². The molecule has 0 unspecified atom stereocenters. The molecule has 0 saturated carbocycles. The van der Waals surface area contributed by atoms with Crippen molar-refractivity contribution in [2.75, 3.05) is 6.26 Å². The Hall–Kier alpha value is -0.710. The summed E-state index contributed by atoms with van der Waals surface area (Å²) in [5, 5.41) is 0. The van der Waals surface area contributed by atoms with Gasteiger partial charge in [-0.05, 0) is 24.5 Å². The van der Waals surface area contributed by atoms with Gasteiger partial charge in [-0.1, -0.05) is 0 Å². The van der Waals surface area contributed by atoms with Gasteiger partial charge in [0, 0.05) is 4.90 Å². The molecule has 1 aromatic rings. The molecule has 0 aliphatic carbocycles. The maximum atomic E-state index is 12.9. The summed E-state index contributed by atoms with van der Waals surface area (Å²) in [6.07, 6.45) is -2.87. The molecule has 0 spiro atoms. The van der Waals surface area contributed by atoms with E-state index in [1.165, 1.54) is 0 Å². The van der Waals surface area contributed by atoms with Crippen LogP contribution in [-0.4, -0.2) is 6.26 Å². The Bertz CT molecular complexity index is 306. The number of alkyl halides is 3. The zero-order valence-corrected chi connectivity index (χ0v) is 7.47. The van der Waals surface area contributed by atoms with E-state index in [0.29, 0.717) is 6.07 Å². The minimum atomic E-state index is -4.47. The molecule has 1 aromatic carbocycles. The van der Waals surface area contributed by atoms with Gasteiger partial charge >= 0.3 is 6.18 Å². The Morgan fingerprint density at radius 3 is 2.23 bits per heavy atom. The maximum absolute atomic E-state index is 12.9. The summed E-state index contributed by atoms with van der Waals surface area (Å²) in [6, 6.07) is 2.50. The number of benzene rings is 1. The lowest BCUT2D eigenvalue weighted by molar-refractivity contribution is -0.137. The summed E-state index contributed by atoms with van der Waals surface area (Å²) in [5.41, 5.74) is -0.956. The van der Waals surface area contributed by atoms with Crippen molar-refractivity contribution in [1.82, 2.24) is 0 Å². The number of hydrogen-bond acceptors (Lipinski definition) is 1. The molecule has 0 saturated heterocycles. The van der Waals surface area contributed by atoms with Gasteiger partial charge in [0.1, 0.15) is 5.82 Å². The van der Waals surface area contributed by atoms with E-state index in [2.05, 4.69) is 0 Å². The smallest absolute Gasteiger partial charge is 0.206 e. The van der Waals surface area contributed by atoms with E-state index in [9.17, 15) is 17.6 Å². The van der Waals surface area contributed by atoms with E-state index in [0.717, 1.165) is 23.9 Å². The second-order valence-corrected chi connectivity index (χ2v) is 3.20. The van der Waals surface area contributed by atoms with Crippen molar-refractivity contribution in [2.24, 2.45) is 0 Å². The van der Waals surface area contributed by atoms with Crippen molar-refractivity contribution < 1.29 is 17.6 Å². The standard InChI is InChI=1S/C8H6F4S/c1-13-7-3-2-5(4-6(7)9)8(10,11)12/h2-4H,1H3. The predicted molar refractivity (Wildman–Crippen MR) is 43.2 cm³/mol. The molecule has 1 rings (SSSR count). The number of thioether (sulfide) groups is 1. The fourth-order valence-corrected chi connectivity index (χ4v) is 1.30. The molecule has 72 valence electrons. The van der Waals surface area contributed by atoms with Crippen LogP contribution in [0.2, 0.25) is 0 Å². The van der Waals surface area contributed by atoms with Crippen molar-refractivity contribution in [3.8, 4) is 0 Å². The van der Waals surface area contributed by atoms with Crippen LogP contribution in [0.4, 0.5) is 17.6 Å². The maximum Gasteiger partial charge on any atom is 0.416 e. The normalized spacial score (nSPS) is 11.8. The fourth-order valence-electron chi connectivity index (χ4n) is 0.843. The van der Waals surface area contributed by atoms with E-state index >= 15 is 0 Å². The summed E-state index contributed by atoms with van der Waals surface area (Å²) in [6.45, 7) is 0. The minimum absolute atomic E-state index is 0.216. The lowest BCUT2D eigenvalue weighted by Gasteiger charge is -2.07. The molecular weight excluding hydrogens is 204 g/mol. The van der Waals surface area contributed by atoms with Crippen LogP contribution in [0.25, 0.3) is 0 Å².